The zero-order chi connectivity index (χ0) is 15.0. The third-order valence-corrected chi connectivity index (χ3v) is 2.98. The molecule has 21 heavy (non-hydrogen) atoms. The molecule has 4 nitrogen and oxygen atoms in total. The summed E-state index contributed by atoms with van der Waals surface area (Å²) in [4.78, 5) is 0. The first-order chi connectivity index (χ1) is 9.97. The first kappa shape index (κ1) is 13.3. The minimum atomic E-state index is -4.43. The minimum absolute atomic E-state index is 0.0190. The molecule has 0 atom stereocenters. The largest absolute Gasteiger partial charge is 0.472 e. The Kier molecular flexibility index (Phi) is 2.97. The highest BCUT2D eigenvalue weighted by molar-refractivity contribution is 5.86. The normalized spacial score (nSPS) is 11.8. The van der Waals surface area contributed by atoms with E-state index in [4.69, 9.17) is 14.7 Å². The first-order valence-electron chi connectivity index (χ1n) is 5.92. The number of nitrogen functional groups attached to an aromatic ring is 1. The van der Waals surface area contributed by atoms with Crippen LogP contribution in [-0.2, 0) is 6.18 Å². The van der Waals surface area contributed by atoms with Crippen molar-refractivity contribution >= 4 is 5.82 Å². The quantitative estimate of drug-likeness (QED) is 0.769. The van der Waals surface area contributed by atoms with Crippen LogP contribution < -0.4 is 5.73 Å². The summed E-state index contributed by atoms with van der Waals surface area (Å²) in [5.74, 6) is 0.283. The van der Waals surface area contributed by atoms with Gasteiger partial charge >= 0.3 is 6.18 Å². The van der Waals surface area contributed by atoms with Crippen molar-refractivity contribution in [2.24, 2.45) is 0 Å². The summed E-state index contributed by atoms with van der Waals surface area (Å²) in [6, 6.07) is 6.43. The van der Waals surface area contributed by atoms with Crippen molar-refractivity contribution in [3.8, 4) is 22.5 Å². The molecule has 0 saturated carbocycles. The molecule has 7 heteroatoms. The van der Waals surface area contributed by atoms with Gasteiger partial charge in [-0.2, -0.15) is 13.2 Å². The maximum absolute atomic E-state index is 12.8. The Bertz CT molecular complexity index is 761. The number of nitrogens with zero attached hydrogens (tertiary/aromatic N) is 1. The van der Waals surface area contributed by atoms with Crippen LogP contribution in [0.4, 0.5) is 19.0 Å². The number of nitrogens with two attached hydrogens (primary N) is 1. The smallest absolute Gasteiger partial charge is 0.416 e. The lowest BCUT2D eigenvalue weighted by atomic mass is 10.0. The SMILES string of the molecule is Nc1noc(-c2ccoc2)c1-c1cccc(C(F)(F)F)c1. The van der Waals surface area contributed by atoms with Crippen molar-refractivity contribution in [3.63, 3.8) is 0 Å². The predicted octanol–water partition coefficient (Wildman–Crippen LogP) is 4.20. The van der Waals surface area contributed by atoms with Gasteiger partial charge in [-0.15, -0.1) is 0 Å². The average Bonchev–Trinajstić information content (AvgIpc) is 3.06. The van der Waals surface area contributed by atoms with Crippen molar-refractivity contribution in [3.05, 3.63) is 48.4 Å². The molecule has 0 saturated heterocycles. The zero-order valence-electron chi connectivity index (χ0n) is 10.5. The van der Waals surface area contributed by atoms with Gasteiger partial charge < -0.3 is 14.7 Å². The van der Waals surface area contributed by atoms with Gasteiger partial charge in [0.15, 0.2) is 11.6 Å². The maximum Gasteiger partial charge on any atom is 0.416 e. The molecule has 0 fully saturated rings. The predicted molar refractivity (Wildman–Crippen MR) is 69.1 cm³/mol. The number of anilines is 1. The topological polar surface area (TPSA) is 65.2 Å². The number of furan rings is 1. The number of hydrogen-bond acceptors (Lipinski definition) is 4. The summed E-state index contributed by atoms with van der Waals surface area (Å²) in [5, 5.41) is 3.62. The number of alkyl halides is 3. The number of benzene rings is 1. The Morgan fingerprint density at radius 3 is 2.57 bits per heavy atom. The van der Waals surface area contributed by atoms with Crippen LogP contribution in [0.15, 0.2) is 51.8 Å². The molecule has 2 N–H and O–H groups in total. The van der Waals surface area contributed by atoms with E-state index >= 15 is 0 Å². The lowest BCUT2D eigenvalue weighted by molar-refractivity contribution is -0.137. The van der Waals surface area contributed by atoms with Crippen molar-refractivity contribution in [1.29, 1.82) is 0 Å². The molecule has 0 aliphatic carbocycles. The van der Waals surface area contributed by atoms with Gasteiger partial charge in [0.05, 0.1) is 23.0 Å². The van der Waals surface area contributed by atoms with Gasteiger partial charge in [-0.25, -0.2) is 0 Å². The van der Waals surface area contributed by atoms with Crippen molar-refractivity contribution < 1.29 is 22.1 Å². The van der Waals surface area contributed by atoms with Crippen LogP contribution in [0.3, 0.4) is 0 Å². The molecule has 0 bridgehead atoms. The van der Waals surface area contributed by atoms with Gasteiger partial charge in [0.2, 0.25) is 0 Å². The van der Waals surface area contributed by atoms with Crippen LogP contribution >= 0.6 is 0 Å². The fraction of sp³-hybridized carbons (Fsp3) is 0.0714. The molecule has 3 rings (SSSR count). The van der Waals surface area contributed by atoms with Gasteiger partial charge in [0, 0.05) is 0 Å². The summed E-state index contributed by atoms with van der Waals surface area (Å²) in [6.45, 7) is 0. The Morgan fingerprint density at radius 2 is 1.90 bits per heavy atom. The third kappa shape index (κ3) is 2.37. The van der Waals surface area contributed by atoms with Crippen LogP contribution in [0.2, 0.25) is 0 Å². The average molecular weight is 294 g/mol. The van der Waals surface area contributed by atoms with Crippen molar-refractivity contribution in [2.45, 2.75) is 6.18 Å². The van der Waals surface area contributed by atoms with Gasteiger partial charge in [-0.05, 0) is 23.8 Å². The van der Waals surface area contributed by atoms with Gasteiger partial charge in [0.1, 0.15) is 6.26 Å². The molecule has 108 valence electrons. The molecule has 0 amide bonds. The van der Waals surface area contributed by atoms with E-state index in [0.29, 0.717) is 11.1 Å². The maximum atomic E-state index is 12.8. The molecule has 0 aliphatic rings. The molecule has 0 aliphatic heterocycles. The van der Waals surface area contributed by atoms with Crippen LogP contribution in [-0.4, -0.2) is 5.16 Å². The van der Waals surface area contributed by atoms with E-state index in [9.17, 15) is 13.2 Å². The fourth-order valence-electron chi connectivity index (χ4n) is 2.02. The summed E-state index contributed by atoms with van der Waals surface area (Å²) >= 11 is 0. The van der Waals surface area contributed by atoms with E-state index < -0.39 is 11.7 Å². The standard InChI is InChI=1S/C14H9F3N2O2/c15-14(16,17)10-3-1-2-8(6-10)11-12(21-19-13(11)18)9-4-5-20-7-9/h1-7H,(H2,18,19). The summed E-state index contributed by atoms with van der Waals surface area (Å²) in [6.07, 6.45) is -1.61. The number of hydrogen-bond donors (Lipinski definition) is 1. The van der Waals surface area contributed by atoms with Crippen LogP contribution in [0.25, 0.3) is 22.5 Å². The van der Waals surface area contributed by atoms with E-state index in [1.807, 2.05) is 0 Å². The van der Waals surface area contributed by atoms with Gasteiger partial charge in [0.25, 0.3) is 0 Å². The van der Waals surface area contributed by atoms with Crippen LogP contribution in [0.1, 0.15) is 5.56 Å². The van der Waals surface area contributed by atoms with Crippen LogP contribution in [0, 0.1) is 0 Å². The van der Waals surface area contributed by atoms with Gasteiger partial charge in [-0.3, -0.25) is 0 Å². The Balaban J connectivity index is 2.16. The molecule has 0 radical (unpaired) electrons. The van der Waals surface area contributed by atoms with Gasteiger partial charge in [-0.1, -0.05) is 17.3 Å². The molecule has 3 aromatic rings. The van der Waals surface area contributed by atoms with Crippen molar-refractivity contribution in [2.75, 3.05) is 5.73 Å². The number of aromatic nitrogens is 1. The molecule has 0 spiro atoms. The second-order valence-electron chi connectivity index (χ2n) is 4.36. The number of halogens is 3. The Hall–Kier alpha value is -2.70. The second-order valence-corrected chi connectivity index (χ2v) is 4.36. The molecular weight excluding hydrogens is 285 g/mol. The van der Waals surface area contributed by atoms with Crippen LogP contribution in [0.5, 0.6) is 0 Å². The van der Waals surface area contributed by atoms with E-state index in [1.165, 1.54) is 24.7 Å². The molecular formula is C14H9F3N2O2. The van der Waals surface area contributed by atoms with Crippen molar-refractivity contribution in [1.82, 2.24) is 5.16 Å². The molecule has 2 aromatic heterocycles. The zero-order valence-corrected chi connectivity index (χ0v) is 10.5. The van der Waals surface area contributed by atoms with E-state index in [-0.39, 0.29) is 17.1 Å². The lowest BCUT2D eigenvalue weighted by Crippen LogP contribution is -2.04. The molecule has 2 heterocycles. The van der Waals surface area contributed by atoms with E-state index in [1.54, 1.807) is 6.07 Å². The lowest BCUT2D eigenvalue weighted by Gasteiger charge is -2.08. The fourth-order valence-corrected chi connectivity index (χ4v) is 2.02. The van der Waals surface area contributed by atoms with E-state index in [2.05, 4.69) is 5.16 Å². The highest BCUT2D eigenvalue weighted by atomic mass is 19.4. The number of rotatable bonds is 2. The molecule has 0 unspecified atom stereocenters. The summed E-state index contributed by atoms with van der Waals surface area (Å²) < 4.78 is 48.4. The Morgan fingerprint density at radius 1 is 1.10 bits per heavy atom. The minimum Gasteiger partial charge on any atom is -0.472 e. The third-order valence-electron chi connectivity index (χ3n) is 2.98. The molecule has 1 aromatic carbocycles. The highest BCUT2D eigenvalue weighted by Gasteiger charge is 2.31. The monoisotopic (exact) mass is 294 g/mol. The highest BCUT2D eigenvalue weighted by Crippen LogP contribution is 2.39. The summed E-state index contributed by atoms with van der Waals surface area (Å²) in [7, 11) is 0. The summed E-state index contributed by atoms with van der Waals surface area (Å²) in [5.41, 5.74) is 6.09. The van der Waals surface area contributed by atoms with E-state index in [0.717, 1.165) is 12.1 Å². The first-order valence-corrected chi connectivity index (χ1v) is 5.92. The Labute approximate surface area is 117 Å². The second kappa shape index (κ2) is 4.69.